The Balaban J connectivity index is 1.30. The highest BCUT2D eigenvalue weighted by atomic mass is 16.6. The van der Waals surface area contributed by atoms with Gasteiger partial charge in [0, 0.05) is 11.5 Å². The van der Waals surface area contributed by atoms with Crippen LogP contribution in [0.4, 0.5) is 0 Å². The zero-order chi connectivity index (χ0) is 17.6. The first-order chi connectivity index (χ1) is 11.9. The lowest BCUT2D eigenvalue weighted by Crippen LogP contribution is -2.42. The number of nitrogens with zero attached hydrogens (tertiary/aromatic N) is 1. The van der Waals surface area contributed by atoms with E-state index in [4.69, 9.17) is 9.47 Å². The number of rotatable bonds is 6. The summed E-state index contributed by atoms with van der Waals surface area (Å²) < 4.78 is 11.7. The molecule has 3 fully saturated rings. The van der Waals surface area contributed by atoms with Crippen LogP contribution in [0, 0.1) is 23.7 Å². The van der Waals surface area contributed by atoms with Crippen LogP contribution in [0.5, 0.6) is 0 Å². The van der Waals surface area contributed by atoms with Crippen LogP contribution in [-0.4, -0.2) is 49.8 Å². The minimum Gasteiger partial charge on any atom is -0.462 e. The van der Waals surface area contributed by atoms with Crippen LogP contribution in [0.3, 0.4) is 0 Å². The predicted octanol–water partition coefficient (Wildman–Crippen LogP) is 2.00. The van der Waals surface area contributed by atoms with Crippen LogP contribution in [0.2, 0.25) is 0 Å². The van der Waals surface area contributed by atoms with E-state index in [0.29, 0.717) is 6.61 Å². The zero-order valence-electron chi connectivity index (χ0n) is 14.9. The summed E-state index contributed by atoms with van der Waals surface area (Å²) in [5, 5.41) is 0. The Morgan fingerprint density at radius 3 is 2.76 bits per heavy atom. The van der Waals surface area contributed by atoms with Crippen molar-refractivity contribution in [3.05, 3.63) is 35.9 Å². The molecular weight excluding hydrogens is 318 g/mol. The number of ether oxygens (including phenoxy) is 2. The molecule has 0 radical (unpaired) electrons. The average molecular weight is 344 g/mol. The lowest BCUT2D eigenvalue weighted by atomic mass is 9.80. The van der Waals surface area contributed by atoms with Crippen molar-refractivity contribution in [2.75, 3.05) is 27.2 Å². The second kappa shape index (κ2) is 6.13. The molecule has 1 saturated heterocycles. The minimum absolute atomic E-state index is 0.0630. The molecule has 134 valence electrons. The Morgan fingerprint density at radius 1 is 1.24 bits per heavy atom. The van der Waals surface area contributed by atoms with Crippen molar-refractivity contribution in [3.63, 3.8) is 0 Å². The Bertz CT molecular complexity index is 670. The molecule has 1 aromatic carbocycles. The van der Waals surface area contributed by atoms with E-state index in [-0.39, 0.29) is 41.7 Å². The maximum absolute atomic E-state index is 12.6. The number of hydrogen-bond acceptors (Lipinski definition) is 4. The van der Waals surface area contributed by atoms with Crippen molar-refractivity contribution < 1.29 is 23.5 Å². The van der Waals surface area contributed by atoms with Gasteiger partial charge in [-0.2, -0.15) is 0 Å². The molecule has 0 aromatic heterocycles. The van der Waals surface area contributed by atoms with Gasteiger partial charge in [0.15, 0.2) is 0 Å². The lowest BCUT2D eigenvalue weighted by Gasteiger charge is -2.30. The first kappa shape index (κ1) is 16.6. The molecule has 5 nitrogen and oxygen atoms in total. The molecule has 1 aromatic rings. The van der Waals surface area contributed by atoms with Crippen molar-refractivity contribution in [2.45, 2.75) is 25.5 Å². The molecule has 1 aliphatic heterocycles. The van der Waals surface area contributed by atoms with Gasteiger partial charge in [0.2, 0.25) is 0 Å². The SMILES string of the molecule is C[N+](C)(CCOC(=O)[C@@H]1[C@H]2C[C@@H]3[C@@H]1C(=O)O[C@@H]3C2)Cc1ccccc1. The van der Waals surface area contributed by atoms with Crippen LogP contribution in [0.1, 0.15) is 18.4 Å². The standard InChI is InChI=1S/C20H26NO4/c1-21(2,12-13-6-4-3-5-7-13)8-9-24-19(22)17-14-10-15-16(11-14)25-20(23)18(15)17/h3-7,14-18H,8-12H2,1-2H3/q+1/t14-,15-,16+,17+,18-/m0/s1. The molecule has 0 spiro atoms. The number of esters is 2. The number of benzene rings is 1. The van der Waals surface area contributed by atoms with E-state index in [9.17, 15) is 9.59 Å². The van der Waals surface area contributed by atoms with Crippen LogP contribution in [0.15, 0.2) is 30.3 Å². The zero-order valence-corrected chi connectivity index (χ0v) is 14.9. The Hall–Kier alpha value is -1.88. The van der Waals surface area contributed by atoms with Crippen LogP contribution in [0.25, 0.3) is 0 Å². The normalized spacial score (nSPS) is 32.7. The number of hydrogen-bond donors (Lipinski definition) is 0. The van der Waals surface area contributed by atoms with Gasteiger partial charge in [-0.25, -0.2) is 0 Å². The van der Waals surface area contributed by atoms with Gasteiger partial charge in [0.1, 0.15) is 25.8 Å². The molecular formula is C20H26NO4+. The highest BCUT2D eigenvalue weighted by molar-refractivity contribution is 5.85. The van der Waals surface area contributed by atoms with Crippen LogP contribution < -0.4 is 0 Å². The quantitative estimate of drug-likeness (QED) is 0.585. The maximum Gasteiger partial charge on any atom is 0.310 e. The van der Waals surface area contributed by atoms with Gasteiger partial charge >= 0.3 is 11.9 Å². The smallest absolute Gasteiger partial charge is 0.310 e. The van der Waals surface area contributed by atoms with Crippen LogP contribution in [-0.2, 0) is 25.6 Å². The molecule has 0 amide bonds. The number of carbonyl (C=O) groups excluding carboxylic acids is 2. The summed E-state index contributed by atoms with van der Waals surface area (Å²) >= 11 is 0. The minimum atomic E-state index is -0.277. The summed E-state index contributed by atoms with van der Waals surface area (Å²) in [6.45, 7) is 2.03. The first-order valence-electron chi connectivity index (χ1n) is 9.18. The van der Waals surface area contributed by atoms with Gasteiger partial charge in [0.05, 0.1) is 25.9 Å². The topological polar surface area (TPSA) is 52.6 Å². The lowest BCUT2D eigenvalue weighted by molar-refractivity contribution is -0.903. The van der Waals surface area contributed by atoms with Gasteiger partial charge < -0.3 is 14.0 Å². The van der Waals surface area contributed by atoms with E-state index >= 15 is 0 Å². The van der Waals surface area contributed by atoms with Gasteiger partial charge in [0.25, 0.3) is 0 Å². The van der Waals surface area contributed by atoms with Gasteiger partial charge in [-0.1, -0.05) is 30.3 Å². The Labute approximate surface area is 148 Å². The average Bonchev–Trinajstić information content (AvgIpc) is 3.17. The summed E-state index contributed by atoms with van der Waals surface area (Å²) in [5.74, 6) is -0.387. The fourth-order valence-electron chi connectivity index (χ4n) is 4.97. The van der Waals surface area contributed by atoms with E-state index in [2.05, 4.69) is 26.2 Å². The van der Waals surface area contributed by atoms with Crippen molar-refractivity contribution in [1.29, 1.82) is 0 Å². The molecule has 2 aliphatic carbocycles. The van der Waals surface area contributed by atoms with Crippen molar-refractivity contribution >= 4 is 11.9 Å². The van der Waals surface area contributed by atoms with Crippen molar-refractivity contribution in [1.82, 2.24) is 0 Å². The molecule has 1 heterocycles. The second-order valence-corrected chi connectivity index (χ2v) is 8.39. The summed E-state index contributed by atoms with van der Waals surface area (Å²) in [6.07, 6.45) is 1.84. The first-order valence-corrected chi connectivity index (χ1v) is 9.18. The van der Waals surface area contributed by atoms with Gasteiger partial charge in [-0.05, 0) is 18.8 Å². The highest BCUT2D eigenvalue weighted by Crippen LogP contribution is 2.57. The van der Waals surface area contributed by atoms with E-state index < -0.39 is 0 Å². The second-order valence-electron chi connectivity index (χ2n) is 8.39. The molecule has 3 aliphatic rings. The van der Waals surface area contributed by atoms with Crippen LogP contribution >= 0.6 is 0 Å². The van der Waals surface area contributed by atoms with E-state index in [0.717, 1.165) is 30.4 Å². The van der Waals surface area contributed by atoms with Crippen molar-refractivity contribution in [3.8, 4) is 0 Å². The van der Waals surface area contributed by atoms with Gasteiger partial charge in [-0.3, -0.25) is 9.59 Å². The molecule has 25 heavy (non-hydrogen) atoms. The molecule has 2 saturated carbocycles. The third-order valence-corrected chi connectivity index (χ3v) is 6.15. The van der Waals surface area contributed by atoms with E-state index in [1.165, 1.54) is 5.56 Å². The number of quaternary nitrogens is 1. The Kier molecular flexibility index (Phi) is 4.07. The number of likely N-dealkylation sites (N-methyl/N-ethyl adjacent to an activating group) is 1. The molecule has 0 unspecified atom stereocenters. The van der Waals surface area contributed by atoms with Gasteiger partial charge in [-0.15, -0.1) is 0 Å². The predicted molar refractivity (Wildman–Crippen MR) is 91.2 cm³/mol. The molecule has 5 heteroatoms. The monoisotopic (exact) mass is 344 g/mol. The number of fused-ring (bicyclic) bond motifs is 1. The van der Waals surface area contributed by atoms with E-state index in [1.807, 2.05) is 18.2 Å². The maximum atomic E-state index is 12.6. The fraction of sp³-hybridized carbons (Fsp3) is 0.600. The molecule has 4 rings (SSSR count). The number of carbonyl (C=O) groups is 2. The highest BCUT2D eigenvalue weighted by Gasteiger charge is 2.64. The summed E-state index contributed by atoms with van der Waals surface area (Å²) in [7, 11) is 4.27. The summed E-state index contributed by atoms with van der Waals surface area (Å²) in [5.41, 5.74) is 1.27. The molecule has 5 atom stereocenters. The van der Waals surface area contributed by atoms with Crippen molar-refractivity contribution in [2.24, 2.45) is 23.7 Å². The summed E-state index contributed by atoms with van der Waals surface area (Å²) in [6, 6.07) is 10.3. The third kappa shape index (κ3) is 3.06. The molecule has 0 N–H and O–H groups in total. The fourth-order valence-corrected chi connectivity index (χ4v) is 4.97. The van der Waals surface area contributed by atoms with E-state index in [1.54, 1.807) is 0 Å². The Morgan fingerprint density at radius 2 is 2.00 bits per heavy atom. The largest absolute Gasteiger partial charge is 0.462 e. The molecule has 2 bridgehead atoms. The summed E-state index contributed by atoms with van der Waals surface area (Å²) in [4.78, 5) is 24.6. The third-order valence-electron chi connectivity index (χ3n) is 6.15.